The van der Waals surface area contributed by atoms with Gasteiger partial charge in [0.05, 0.1) is 11.8 Å². The zero-order chi connectivity index (χ0) is 22.4. The van der Waals surface area contributed by atoms with Crippen LogP contribution < -0.4 is 10.6 Å². The molecule has 1 aliphatic heterocycles. The highest BCUT2D eigenvalue weighted by molar-refractivity contribution is 7.89. The third-order valence-corrected chi connectivity index (χ3v) is 7.65. The van der Waals surface area contributed by atoms with Crippen LogP contribution in [0.25, 0.3) is 0 Å². The number of hydrogen-bond donors (Lipinski definition) is 2. The Morgan fingerprint density at radius 2 is 1.90 bits per heavy atom. The molecule has 2 heterocycles. The second-order valence-corrected chi connectivity index (χ2v) is 10.1. The molecule has 1 aromatic heterocycles. The highest BCUT2D eigenvalue weighted by Gasteiger charge is 2.27. The Morgan fingerprint density at radius 3 is 2.48 bits per heavy atom. The van der Waals surface area contributed by atoms with Gasteiger partial charge in [0.1, 0.15) is 12.4 Å². The van der Waals surface area contributed by atoms with Gasteiger partial charge < -0.3 is 15.2 Å². The minimum Gasteiger partial charge on any atom is -0.354 e. The molecule has 3 rings (SSSR count). The number of guanidine groups is 1. The van der Waals surface area contributed by atoms with Crippen LogP contribution in [0.2, 0.25) is 0 Å². The topological polar surface area (TPSA) is 105 Å². The van der Waals surface area contributed by atoms with Gasteiger partial charge in [-0.05, 0) is 39.2 Å². The van der Waals surface area contributed by atoms with Gasteiger partial charge in [0.25, 0.3) is 0 Å². The molecule has 1 saturated heterocycles. The van der Waals surface area contributed by atoms with E-state index in [0.717, 1.165) is 30.1 Å². The third kappa shape index (κ3) is 6.04. The van der Waals surface area contributed by atoms with E-state index in [1.165, 1.54) is 0 Å². The zero-order valence-corrected chi connectivity index (χ0v) is 19.6. The lowest BCUT2D eigenvalue weighted by Gasteiger charge is -2.32. The van der Waals surface area contributed by atoms with Crippen molar-refractivity contribution in [3.63, 3.8) is 0 Å². The maximum absolute atomic E-state index is 12.1. The van der Waals surface area contributed by atoms with E-state index >= 15 is 0 Å². The smallest absolute Gasteiger partial charge is 0.213 e. The van der Waals surface area contributed by atoms with E-state index in [4.69, 9.17) is 4.99 Å². The van der Waals surface area contributed by atoms with E-state index in [9.17, 15) is 8.42 Å². The van der Waals surface area contributed by atoms with Gasteiger partial charge in [-0.2, -0.15) is 0 Å². The summed E-state index contributed by atoms with van der Waals surface area (Å²) in [5.74, 6) is 2.46. The standard InChI is InChI=1S/C21H33N7O2S/c1-5-31(29,30)28-13-11-19(12-14-28)24-21(22-15-20-26-25-17(3)27(20)4)23-16(2)18-9-7-6-8-10-18/h6-10,16,19H,5,11-15H2,1-4H3,(H2,22,23,24). The van der Waals surface area contributed by atoms with E-state index in [1.807, 2.05) is 36.7 Å². The first-order valence-electron chi connectivity index (χ1n) is 10.7. The molecule has 0 saturated carbocycles. The largest absolute Gasteiger partial charge is 0.354 e. The molecule has 0 amide bonds. The normalized spacial score (nSPS) is 17.5. The van der Waals surface area contributed by atoms with Crippen molar-refractivity contribution in [2.24, 2.45) is 12.0 Å². The number of rotatable bonds is 7. The fourth-order valence-corrected chi connectivity index (χ4v) is 4.69. The minimum absolute atomic E-state index is 0.0641. The second-order valence-electron chi connectivity index (χ2n) is 7.88. The monoisotopic (exact) mass is 447 g/mol. The predicted octanol–water partition coefficient (Wildman–Crippen LogP) is 1.73. The van der Waals surface area contributed by atoms with Crippen LogP contribution in [0.5, 0.6) is 0 Å². The van der Waals surface area contributed by atoms with Gasteiger partial charge in [-0.1, -0.05) is 30.3 Å². The van der Waals surface area contributed by atoms with E-state index in [1.54, 1.807) is 11.2 Å². The number of hydrogen-bond acceptors (Lipinski definition) is 5. The number of nitrogens with zero attached hydrogens (tertiary/aromatic N) is 5. The number of nitrogens with one attached hydrogen (secondary N) is 2. The SMILES string of the molecule is CCS(=O)(=O)N1CCC(NC(=NCc2nnc(C)n2C)NC(C)c2ccccc2)CC1. The van der Waals surface area contributed by atoms with E-state index in [0.29, 0.717) is 25.6 Å². The van der Waals surface area contributed by atoms with Gasteiger partial charge in [-0.15, -0.1) is 10.2 Å². The Balaban J connectivity index is 1.70. The first kappa shape index (κ1) is 23.2. The highest BCUT2D eigenvalue weighted by Crippen LogP contribution is 2.16. The molecule has 9 nitrogen and oxygen atoms in total. The number of piperidine rings is 1. The van der Waals surface area contributed by atoms with Crippen molar-refractivity contribution < 1.29 is 8.42 Å². The van der Waals surface area contributed by atoms with Crippen LogP contribution in [0.4, 0.5) is 0 Å². The summed E-state index contributed by atoms with van der Waals surface area (Å²) in [6.45, 7) is 7.14. The molecule has 31 heavy (non-hydrogen) atoms. The first-order valence-corrected chi connectivity index (χ1v) is 12.4. The van der Waals surface area contributed by atoms with Crippen LogP contribution in [0.3, 0.4) is 0 Å². The number of aromatic nitrogens is 3. The number of sulfonamides is 1. The number of benzene rings is 1. The van der Waals surface area contributed by atoms with Gasteiger partial charge >= 0.3 is 0 Å². The minimum atomic E-state index is -3.14. The Kier molecular flexibility index (Phi) is 7.66. The van der Waals surface area contributed by atoms with Crippen LogP contribution in [0, 0.1) is 6.92 Å². The third-order valence-electron chi connectivity index (χ3n) is 5.77. The highest BCUT2D eigenvalue weighted by atomic mass is 32.2. The molecule has 0 radical (unpaired) electrons. The lowest BCUT2D eigenvalue weighted by atomic mass is 10.1. The summed E-state index contributed by atoms with van der Waals surface area (Å²) in [6.07, 6.45) is 1.48. The molecule has 10 heteroatoms. The zero-order valence-electron chi connectivity index (χ0n) is 18.7. The summed E-state index contributed by atoms with van der Waals surface area (Å²) in [5.41, 5.74) is 1.16. The van der Waals surface area contributed by atoms with Crippen LogP contribution in [-0.4, -0.2) is 58.3 Å². The summed E-state index contributed by atoms with van der Waals surface area (Å²) < 4.78 is 27.8. The summed E-state index contributed by atoms with van der Waals surface area (Å²) in [4.78, 5) is 4.75. The molecule has 170 valence electrons. The van der Waals surface area contributed by atoms with Crippen LogP contribution in [0.1, 0.15) is 49.9 Å². The van der Waals surface area contributed by atoms with Crippen molar-refractivity contribution in [1.29, 1.82) is 0 Å². The Morgan fingerprint density at radius 1 is 1.23 bits per heavy atom. The predicted molar refractivity (Wildman–Crippen MR) is 122 cm³/mol. The van der Waals surface area contributed by atoms with E-state index in [2.05, 4.69) is 39.9 Å². The van der Waals surface area contributed by atoms with Gasteiger partial charge in [-0.3, -0.25) is 0 Å². The van der Waals surface area contributed by atoms with Crippen LogP contribution in [0.15, 0.2) is 35.3 Å². The molecule has 1 fully saturated rings. The maximum Gasteiger partial charge on any atom is 0.213 e. The fourth-order valence-electron chi connectivity index (χ4n) is 3.56. The molecule has 0 bridgehead atoms. The Hall–Kier alpha value is -2.46. The van der Waals surface area contributed by atoms with Crippen molar-refractivity contribution in [1.82, 2.24) is 29.7 Å². The summed E-state index contributed by atoms with van der Waals surface area (Å²) in [7, 11) is -1.21. The van der Waals surface area contributed by atoms with Gasteiger partial charge in [-0.25, -0.2) is 17.7 Å². The second kappa shape index (κ2) is 10.2. The number of aryl methyl sites for hydroxylation is 1. The molecule has 1 atom stereocenters. The van der Waals surface area contributed by atoms with Crippen molar-refractivity contribution in [3.8, 4) is 0 Å². The van der Waals surface area contributed by atoms with Gasteiger partial charge in [0.15, 0.2) is 11.8 Å². The Bertz CT molecular complexity index is 980. The summed E-state index contributed by atoms with van der Waals surface area (Å²) in [6, 6.07) is 10.4. The molecule has 1 aromatic carbocycles. The first-order chi connectivity index (χ1) is 14.8. The molecule has 1 unspecified atom stereocenters. The van der Waals surface area contributed by atoms with Gasteiger partial charge in [0, 0.05) is 26.2 Å². The lowest BCUT2D eigenvalue weighted by molar-refractivity contribution is 0.306. The molecule has 1 aliphatic rings. The quantitative estimate of drug-likeness (QED) is 0.495. The molecule has 2 aromatic rings. The van der Waals surface area contributed by atoms with Crippen molar-refractivity contribution in [2.75, 3.05) is 18.8 Å². The van der Waals surface area contributed by atoms with Crippen molar-refractivity contribution in [2.45, 2.75) is 52.2 Å². The number of aliphatic imine (C=N–C) groups is 1. The molecule has 0 spiro atoms. The molecule has 2 N–H and O–H groups in total. The van der Waals surface area contributed by atoms with Crippen molar-refractivity contribution >= 4 is 16.0 Å². The lowest BCUT2D eigenvalue weighted by Crippen LogP contribution is -2.50. The van der Waals surface area contributed by atoms with Crippen LogP contribution >= 0.6 is 0 Å². The Labute approximate surface area is 185 Å². The van der Waals surface area contributed by atoms with Gasteiger partial charge in [0.2, 0.25) is 10.0 Å². The molecular formula is C21H33N7O2S. The van der Waals surface area contributed by atoms with Crippen molar-refractivity contribution in [3.05, 3.63) is 47.5 Å². The molecule has 0 aliphatic carbocycles. The fraction of sp³-hybridized carbons (Fsp3) is 0.571. The average Bonchev–Trinajstić information content (AvgIpc) is 3.10. The average molecular weight is 448 g/mol. The van der Waals surface area contributed by atoms with Crippen LogP contribution in [-0.2, 0) is 23.6 Å². The molecular weight excluding hydrogens is 414 g/mol. The maximum atomic E-state index is 12.1. The van der Waals surface area contributed by atoms with E-state index in [-0.39, 0.29) is 17.8 Å². The summed E-state index contributed by atoms with van der Waals surface area (Å²) >= 11 is 0. The summed E-state index contributed by atoms with van der Waals surface area (Å²) in [5, 5.41) is 15.3. The van der Waals surface area contributed by atoms with E-state index < -0.39 is 10.0 Å².